The summed E-state index contributed by atoms with van der Waals surface area (Å²) in [5.41, 5.74) is 0.806. The zero-order chi connectivity index (χ0) is 31.8. The van der Waals surface area contributed by atoms with Gasteiger partial charge in [0.2, 0.25) is 0 Å². The van der Waals surface area contributed by atoms with E-state index in [-0.39, 0.29) is 0 Å². The molecule has 44 heavy (non-hydrogen) atoms. The van der Waals surface area contributed by atoms with Crippen molar-refractivity contribution < 1.29 is 19.1 Å². The highest BCUT2D eigenvalue weighted by molar-refractivity contribution is 5.93. The molecule has 0 aromatic heterocycles. The Kier molecular flexibility index (Phi) is 28.5. The van der Waals surface area contributed by atoms with Crippen LogP contribution in [0.15, 0.2) is 24.3 Å². The second-order valence-corrected chi connectivity index (χ2v) is 13.2. The third-order valence-electron chi connectivity index (χ3n) is 9.23. The van der Waals surface area contributed by atoms with Crippen molar-refractivity contribution >= 4 is 11.9 Å². The van der Waals surface area contributed by atoms with E-state index in [0.29, 0.717) is 11.1 Å². The van der Waals surface area contributed by atoms with Crippen molar-refractivity contribution in [3.63, 3.8) is 0 Å². The van der Waals surface area contributed by atoms with E-state index in [9.17, 15) is 9.59 Å². The molecule has 0 heterocycles. The number of esters is 2. The zero-order valence-electron chi connectivity index (χ0n) is 29.2. The molecule has 4 nitrogen and oxygen atoms in total. The van der Waals surface area contributed by atoms with E-state index in [1.807, 2.05) is 0 Å². The van der Waals surface area contributed by atoms with Crippen LogP contribution in [0.3, 0.4) is 0 Å². The number of hydrogen-bond donors (Lipinski definition) is 0. The van der Waals surface area contributed by atoms with E-state index in [1.54, 1.807) is 0 Å². The number of benzene rings is 1. The molecule has 0 atom stereocenters. The predicted molar refractivity (Wildman–Crippen MR) is 188 cm³/mol. The monoisotopic (exact) mass is 615 g/mol. The van der Waals surface area contributed by atoms with Gasteiger partial charge in [0, 0.05) is 0 Å². The van der Waals surface area contributed by atoms with Crippen LogP contribution >= 0.6 is 0 Å². The van der Waals surface area contributed by atoms with Crippen LogP contribution in [0.5, 0.6) is 0 Å². The van der Waals surface area contributed by atoms with E-state index in [1.165, 1.54) is 231 Å². The van der Waals surface area contributed by atoms with Crippen molar-refractivity contribution in [2.45, 2.75) is 193 Å². The molecule has 0 N–H and O–H groups in total. The standard InChI is InChI=1S/C10H10O4.3C10H20/c1-13-9(11)7-3-5-8(6-4-7)10(12)14-2;3*1-2-4-6-8-10-9-7-5-3-1/h3-6H,1-2H3;3*1-10H2. The molecule has 0 saturated heterocycles. The van der Waals surface area contributed by atoms with E-state index in [4.69, 9.17) is 0 Å². The van der Waals surface area contributed by atoms with E-state index in [2.05, 4.69) is 9.47 Å². The van der Waals surface area contributed by atoms with E-state index in [0.717, 1.165) is 0 Å². The summed E-state index contributed by atoms with van der Waals surface area (Å²) in [7, 11) is 2.60. The van der Waals surface area contributed by atoms with Crippen molar-refractivity contribution in [2.75, 3.05) is 14.2 Å². The Morgan fingerprint density at radius 1 is 0.318 bits per heavy atom. The fourth-order valence-electron chi connectivity index (χ4n) is 6.28. The Labute approximate surface area is 272 Å². The summed E-state index contributed by atoms with van der Waals surface area (Å²) < 4.78 is 9.02. The number of carbonyl (C=O) groups is 2. The molecule has 4 rings (SSSR count). The maximum absolute atomic E-state index is 11.0. The van der Waals surface area contributed by atoms with Gasteiger partial charge in [-0.25, -0.2) is 9.59 Å². The van der Waals surface area contributed by atoms with Gasteiger partial charge in [-0.15, -0.1) is 0 Å². The maximum atomic E-state index is 11.0. The highest BCUT2D eigenvalue weighted by atomic mass is 16.5. The van der Waals surface area contributed by atoms with Crippen molar-refractivity contribution in [3.05, 3.63) is 35.4 Å². The van der Waals surface area contributed by atoms with Crippen LogP contribution in [0.25, 0.3) is 0 Å². The lowest BCUT2D eigenvalue weighted by Gasteiger charge is -2.05. The summed E-state index contributed by atoms with van der Waals surface area (Å²) in [6.45, 7) is 0. The molecule has 3 aliphatic carbocycles. The summed E-state index contributed by atoms with van der Waals surface area (Å²) in [5.74, 6) is -0.858. The first-order valence-corrected chi connectivity index (χ1v) is 19.0. The van der Waals surface area contributed by atoms with Gasteiger partial charge in [0.1, 0.15) is 0 Å². The Hall–Kier alpha value is -1.84. The Morgan fingerprint density at radius 2 is 0.432 bits per heavy atom. The van der Waals surface area contributed by atoms with Crippen LogP contribution in [0.2, 0.25) is 0 Å². The van der Waals surface area contributed by atoms with Gasteiger partial charge < -0.3 is 9.47 Å². The summed E-state index contributed by atoms with van der Waals surface area (Å²) in [4.78, 5) is 22.1. The molecule has 1 aromatic carbocycles. The lowest BCUT2D eigenvalue weighted by molar-refractivity contribution is 0.0586. The van der Waals surface area contributed by atoms with Crippen molar-refractivity contribution in [2.24, 2.45) is 0 Å². The minimum atomic E-state index is -0.429. The fourth-order valence-corrected chi connectivity index (χ4v) is 6.28. The highest BCUT2D eigenvalue weighted by Crippen LogP contribution is 2.17. The minimum absolute atomic E-state index is 0.403. The topological polar surface area (TPSA) is 52.6 Å². The molecule has 0 amide bonds. The van der Waals surface area contributed by atoms with Gasteiger partial charge in [0.15, 0.2) is 0 Å². The van der Waals surface area contributed by atoms with E-state index < -0.39 is 11.9 Å². The number of hydrogen-bond acceptors (Lipinski definition) is 4. The molecule has 4 heteroatoms. The lowest BCUT2D eigenvalue weighted by Crippen LogP contribution is -2.04. The molecule has 3 aliphatic rings. The van der Waals surface area contributed by atoms with Crippen molar-refractivity contribution in [1.82, 2.24) is 0 Å². The third kappa shape index (κ3) is 24.5. The summed E-state index contributed by atoms with van der Waals surface area (Å²) in [6, 6.07) is 6.05. The Bertz CT molecular complexity index is 590. The van der Waals surface area contributed by atoms with Gasteiger partial charge in [-0.2, -0.15) is 0 Å². The largest absolute Gasteiger partial charge is 0.465 e. The second-order valence-electron chi connectivity index (χ2n) is 13.2. The molecule has 0 spiro atoms. The molecule has 1 aromatic rings. The second kappa shape index (κ2) is 31.2. The zero-order valence-corrected chi connectivity index (χ0v) is 29.2. The SMILES string of the molecule is C1CCCCCCCCC1.C1CCCCCCCCC1.C1CCCCCCCCC1.COC(=O)c1ccc(C(=O)OC)cc1. The molecule has 0 bridgehead atoms. The number of rotatable bonds is 2. The van der Waals surface area contributed by atoms with Gasteiger partial charge in [-0.3, -0.25) is 0 Å². The minimum Gasteiger partial charge on any atom is -0.465 e. The van der Waals surface area contributed by atoms with Crippen molar-refractivity contribution in [1.29, 1.82) is 0 Å². The molecule has 0 aliphatic heterocycles. The highest BCUT2D eigenvalue weighted by Gasteiger charge is 2.08. The molecular formula is C40H70O4. The Balaban J connectivity index is 0.000000297. The Morgan fingerprint density at radius 3 is 0.523 bits per heavy atom. The molecule has 0 unspecified atom stereocenters. The third-order valence-corrected chi connectivity index (χ3v) is 9.23. The quantitative estimate of drug-likeness (QED) is 0.311. The maximum Gasteiger partial charge on any atom is 0.337 e. The van der Waals surface area contributed by atoms with Crippen molar-refractivity contribution in [3.8, 4) is 0 Å². The summed E-state index contributed by atoms with van der Waals surface area (Å²) >= 11 is 0. The van der Waals surface area contributed by atoms with Crippen LogP contribution in [0.1, 0.15) is 213 Å². The number of ether oxygens (including phenoxy) is 2. The smallest absolute Gasteiger partial charge is 0.337 e. The average molecular weight is 615 g/mol. The van der Waals surface area contributed by atoms with Crippen LogP contribution < -0.4 is 0 Å². The van der Waals surface area contributed by atoms with Crippen LogP contribution in [0.4, 0.5) is 0 Å². The number of carbonyl (C=O) groups excluding carboxylic acids is 2. The van der Waals surface area contributed by atoms with Crippen LogP contribution in [0, 0.1) is 0 Å². The van der Waals surface area contributed by atoms with Gasteiger partial charge in [-0.1, -0.05) is 193 Å². The molecule has 3 saturated carbocycles. The molecule has 0 radical (unpaired) electrons. The lowest BCUT2D eigenvalue weighted by atomic mass is 10.0. The van der Waals surface area contributed by atoms with Gasteiger partial charge in [0.25, 0.3) is 0 Å². The van der Waals surface area contributed by atoms with E-state index >= 15 is 0 Å². The summed E-state index contributed by atoms with van der Waals surface area (Å²) in [5, 5.41) is 0. The van der Waals surface area contributed by atoms with Gasteiger partial charge >= 0.3 is 11.9 Å². The normalized spacial score (nSPS) is 19.3. The van der Waals surface area contributed by atoms with Gasteiger partial charge in [-0.05, 0) is 24.3 Å². The first-order chi connectivity index (χ1) is 21.7. The average Bonchev–Trinajstić information content (AvgIpc) is 3.09. The summed E-state index contributed by atoms with van der Waals surface area (Å²) in [6.07, 6.45) is 45.0. The molecular weight excluding hydrogens is 544 g/mol. The predicted octanol–water partition coefficient (Wildman–Crippen LogP) is 13.0. The molecule has 3 fully saturated rings. The molecule has 254 valence electrons. The first-order valence-electron chi connectivity index (χ1n) is 19.0. The fraction of sp³-hybridized carbons (Fsp3) is 0.800. The first kappa shape index (κ1) is 40.2. The van der Waals surface area contributed by atoms with Crippen LogP contribution in [-0.2, 0) is 9.47 Å². The van der Waals surface area contributed by atoms with Crippen LogP contribution in [-0.4, -0.2) is 26.2 Å². The number of methoxy groups -OCH3 is 2. The van der Waals surface area contributed by atoms with Gasteiger partial charge in [0.05, 0.1) is 25.3 Å².